The lowest BCUT2D eigenvalue weighted by atomic mass is 9.98. The van der Waals surface area contributed by atoms with Crippen LogP contribution < -0.4 is 0 Å². The predicted octanol–water partition coefficient (Wildman–Crippen LogP) is 5.90. The van der Waals surface area contributed by atoms with Crippen LogP contribution in [-0.2, 0) is 48.1 Å². The van der Waals surface area contributed by atoms with Gasteiger partial charge in [0.2, 0.25) is 0 Å². The average Bonchev–Trinajstić information content (AvgIpc) is 3.25. The lowest BCUT2D eigenvalue weighted by Gasteiger charge is -2.45. The van der Waals surface area contributed by atoms with E-state index in [-0.39, 0.29) is 19.4 Å². The third kappa shape index (κ3) is 25.5. The van der Waals surface area contributed by atoms with Crippen LogP contribution >= 0.6 is 0 Å². The first kappa shape index (κ1) is 58.6. The molecule has 0 aliphatic carbocycles. The zero-order chi connectivity index (χ0) is 47.2. The molecule has 2 aliphatic rings. The van der Waals surface area contributed by atoms with Crippen molar-refractivity contribution in [3.63, 3.8) is 0 Å². The number of aliphatic hydroxyl groups is 6. The van der Waals surface area contributed by atoms with Gasteiger partial charge >= 0.3 is 11.9 Å². The second kappa shape index (κ2) is 34.7. The van der Waals surface area contributed by atoms with Crippen LogP contribution in [-0.4, -0.2) is 142 Å². The SMILES string of the molecule is CCCCCCCCCCCCCCCC(=O)OCC(COC1OC(CS(=O)(=O)O)C(OC2OC(O)C(O)C(O)C2O)C(O)C1O)OC(=O)CCCCCCCCCCCCCCC. The zero-order valence-electron chi connectivity index (χ0n) is 38.9. The fraction of sp³-hybridized carbons (Fsp3) is 0.957. The van der Waals surface area contributed by atoms with E-state index >= 15 is 0 Å². The third-order valence-corrected chi connectivity index (χ3v) is 12.7. The number of unbranched alkanes of at least 4 members (excludes halogenated alkanes) is 24. The molecule has 0 saturated carbocycles. The van der Waals surface area contributed by atoms with E-state index in [1.54, 1.807) is 0 Å². The molecule has 0 radical (unpaired) electrons. The van der Waals surface area contributed by atoms with E-state index in [0.717, 1.165) is 44.9 Å². The molecule has 7 N–H and O–H groups in total. The standard InChI is InChI=1S/C46H86O17S/c1-3-5-7-9-11-13-15-17-19-21-23-25-27-29-36(47)58-31-34(60-37(48)30-28-26-24-22-20-18-16-14-12-10-8-6-4-2)32-59-45-42(53)39(50)43(35(61-45)33-64(55,56)57)62-46-41(52)38(49)40(51)44(54)63-46/h34-35,38-46,49-54H,3-33H2,1-2H3,(H,55,56,57). The monoisotopic (exact) mass is 943 g/mol. The van der Waals surface area contributed by atoms with E-state index < -0.39 is 102 Å². The Morgan fingerprint density at radius 2 is 0.938 bits per heavy atom. The number of hydrogen-bond acceptors (Lipinski definition) is 16. The number of ether oxygens (including phenoxy) is 6. The molecule has 0 bridgehead atoms. The van der Waals surface area contributed by atoms with Gasteiger partial charge in [0.05, 0.1) is 6.61 Å². The van der Waals surface area contributed by atoms with Crippen molar-refractivity contribution < 1.29 is 81.6 Å². The van der Waals surface area contributed by atoms with Crippen LogP contribution in [0.5, 0.6) is 0 Å². The maximum atomic E-state index is 13.0. The fourth-order valence-electron chi connectivity index (χ4n) is 8.05. The van der Waals surface area contributed by atoms with Crippen LogP contribution in [0.25, 0.3) is 0 Å². The highest BCUT2D eigenvalue weighted by molar-refractivity contribution is 7.85. The molecule has 378 valence electrons. The largest absolute Gasteiger partial charge is 0.462 e. The van der Waals surface area contributed by atoms with E-state index in [1.807, 2.05) is 0 Å². The van der Waals surface area contributed by atoms with Gasteiger partial charge in [0.15, 0.2) is 25.0 Å². The molecular weight excluding hydrogens is 857 g/mol. The number of carbonyl (C=O) groups excluding carboxylic acids is 2. The molecule has 11 atom stereocenters. The quantitative estimate of drug-likeness (QED) is 0.0216. The van der Waals surface area contributed by atoms with Crippen LogP contribution in [0.15, 0.2) is 0 Å². The van der Waals surface area contributed by atoms with Crippen LogP contribution in [0.1, 0.15) is 194 Å². The van der Waals surface area contributed by atoms with Crippen molar-refractivity contribution in [1.82, 2.24) is 0 Å². The maximum absolute atomic E-state index is 13.0. The van der Waals surface area contributed by atoms with Crippen LogP contribution in [0.3, 0.4) is 0 Å². The molecule has 64 heavy (non-hydrogen) atoms. The van der Waals surface area contributed by atoms with Crippen molar-refractivity contribution in [2.75, 3.05) is 19.0 Å². The smallest absolute Gasteiger partial charge is 0.306 e. The van der Waals surface area contributed by atoms with Crippen molar-refractivity contribution in [3.8, 4) is 0 Å². The Hall–Kier alpha value is -1.55. The Balaban J connectivity index is 1.91. The first-order valence-electron chi connectivity index (χ1n) is 24.6. The summed E-state index contributed by atoms with van der Waals surface area (Å²) in [6.45, 7) is 3.53. The zero-order valence-corrected chi connectivity index (χ0v) is 39.7. The first-order valence-corrected chi connectivity index (χ1v) is 26.3. The first-order chi connectivity index (χ1) is 30.7. The second-order valence-electron chi connectivity index (χ2n) is 17.9. The number of esters is 2. The second-order valence-corrected chi connectivity index (χ2v) is 19.4. The van der Waals surface area contributed by atoms with Crippen molar-refractivity contribution in [2.45, 2.75) is 261 Å². The summed E-state index contributed by atoms with van der Waals surface area (Å²) in [4.78, 5) is 25.7. The third-order valence-electron chi connectivity index (χ3n) is 12.0. The maximum Gasteiger partial charge on any atom is 0.306 e. The van der Waals surface area contributed by atoms with Gasteiger partial charge in [0.1, 0.15) is 55.1 Å². The van der Waals surface area contributed by atoms with E-state index in [0.29, 0.717) is 12.8 Å². The summed E-state index contributed by atoms with van der Waals surface area (Å²) < 4.78 is 66.4. The lowest BCUT2D eigenvalue weighted by Crippen LogP contribution is -2.64. The summed E-state index contributed by atoms with van der Waals surface area (Å²) >= 11 is 0. The van der Waals surface area contributed by atoms with Crippen molar-refractivity contribution >= 4 is 22.1 Å². The van der Waals surface area contributed by atoms with Crippen LogP contribution in [0.2, 0.25) is 0 Å². The summed E-state index contributed by atoms with van der Waals surface area (Å²) in [6, 6.07) is 0. The minimum atomic E-state index is -4.84. The summed E-state index contributed by atoms with van der Waals surface area (Å²) in [6.07, 6.45) is 9.67. The Kier molecular flexibility index (Phi) is 31.8. The molecule has 17 nitrogen and oxygen atoms in total. The molecule has 18 heteroatoms. The lowest BCUT2D eigenvalue weighted by molar-refractivity contribution is -0.375. The Morgan fingerprint density at radius 1 is 0.516 bits per heavy atom. The van der Waals surface area contributed by atoms with Gasteiger partial charge in [-0.1, -0.05) is 168 Å². The normalized spacial score (nSPS) is 26.8. The number of hydrogen-bond donors (Lipinski definition) is 7. The molecule has 0 aromatic heterocycles. The van der Waals surface area contributed by atoms with E-state index in [2.05, 4.69) is 13.8 Å². The molecule has 2 saturated heterocycles. The van der Waals surface area contributed by atoms with Gasteiger partial charge in [-0.3, -0.25) is 14.1 Å². The van der Waals surface area contributed by atoms with Gasteiger partial charge in [-0.2, -0.15) is 8.42 Å². The minimum Gasteiger partial charge on any atom is -0.462 e. The number of carbonyl (C=O) groups is 2. The molecular formula is C46H86O17S. The minimum absolute atomic E-state index is 0.105. The molecule has 0 aromatic carbocycles. The van der Waals surface area contributed by atoms with E-state index in [9.17, 15) is 53.2 Å². The summed E-state index contributed by atoms with van der Waals surface area (Å²) in [5.41, 5.74) is 0. The Labute approximate surface area is 383 Å². The highest BCUT2D eigenvalue weighted by Crippen LogP contribution is 2.30. The molecule has 0 spiro atoms. The molecule has 2 fully saturated rings. The number of rotatable bonds is 38. The molecule has 0 amide bonds. The highest BCUT2D eigenvalue weighted by Gasteiger charge is 2.51. The van der Waals surface area contributed by atoms with Gasteiger partial charge in [0.25, 0.3) is 10.1 Å². The highest BCUT2D eigenvalue weighted by atomic mass is 32.2. The van der Waals surface area contributed by atoms with Gasteiger partial charge < -0.3 is 59.1 Å². The summed E-state index contributed by atoms with van der Waals surface area (Å²) in [5, 5.41) is 62.2. The summed E-state index contributed by atoms with van der Waals surface area (Å²) in [7, 11) is -4.84. The molecule has 2 rings (SSSR count). The van der Waals surface area contributed by atoms with Crippen molar-refractivity contribution in [2.24, 2.45) is 0 Å². The molecule has 2 heterocycles. The van der Waals surface area contributed by atoms with E-state index in [1.165, 1.54) is 109 Å². The number of aliphatic hydroxyl groups excluding tert-OH is 6. The van der Waals surface area contributed by atoms with Gasteiger partial charge in [-0.05, 0) is 12.8 Å². The van der Waals surface area contributed by atoms with E-state index in [4.69, 9.17) is 28.4 Å². The van der Waals surface area contributed by atoms with Crippen molar-refractivity contribution in [3.05, 3.63) is 0 Å². The molecule has 0 aromatic rings. The predicted molar refractivity (Wildman–Crippen MR) is 238 cm³/mol. The average molecular weight is 943 g/mol. The van der Waals surface area contributed by atoms with Crippen LogP contribution in [0, 0.1) is 0 Å². The van der Waals surface area contributed by atoms with Gasteiger partial charge in [-0.15, -0.1) is 0 Å². The molecule has 11 unspecified atom stereocenters. The van der Waals surface area contributed by atoms with Crippen LogP contribution in [0.4, 0.5) is 0 Å². The summed E-state index contributed by atoms with van der Waals surface area (Å²) in [5.74, 6) is -2.26. The Morgan fingerprint density at radius 3 is 1.39 bits per heavy atom. The van der Waals surface area contributed by atoms with Gasteiger partial charge in [-0.25, -0.2) is 0 Å². The van der Waals surface area contributed by atoms with Gasteiger partial charge in [0, 0.05) is 12.8 Å². The fourth-order valence-corrected chi connectivity index (χ4v) is 8.73. The van der Waals surface area contributed by atoms with Crippen molar-refractivity contribution in [1.29, 1.82) is 0 Å². The molecule has 2 aliphatic heterocycles. The Bertz CT molecular complexity index is 1310. The topological polar surface area (TPSA) is 265 Å².